The molecule has 1 fully saturated rings. The predicted molar refractivity (Wildman–Crippen MR) is 136 cm³/mol. The Labute approximate surface area is 205 Å². The number of hydrogen-bond donors (Lipinski definition) is 3. The van der Waals surface area contributed by atoms with Gasteiger partial charge in [-0.2, -0.15) is 0 Å². The Morgan fingerprint density at radius 1 is 1.14 bits per heavy atom. The van der Waals surface area contributed by atoms with Gasteiger partial charge in [-0.15, -0.1) is 0 Å². The standard InChI is InChI=1S/C28H31N3O4/c1-2-17-4-3-5-22(27(17)29)24-16-34-25-14-19(8-12-23(25)31-24)20-9-13-26(30-15-20)35-21-10-6-18(7-11-21)28(32)33/h3-5,8-9,12-15,18,21,24,31H,2,6-7,10-11,16,29H2,1H3,(H,32,33). The number of nitrogens with two attached hydrogens (primary N) is 1. The summed E-state index contributed by atoms with van der Waals surface area (Å²) in [5.41, 5.74) is 12.4. The van der Waals surface area contributed by atoms with E-state index in [2.05, 4.69) is 29.4 Å². The molecule has 35 heavy (non-hydrogen) atoms. The zero-order chi connectivity index (χ0) is 24.4. The van der Waals surface area contributed by atoms with E-state index in [9.17, 15) is 4.79 Å². The molecule has 182 valence electrons. The summed E-state index contributed by atoms with van der Waals surface area (Å²) in [6.45, 7) is 2.61. The number of hydrogen-bond acceptors (Lipinski definition) is 6. The molecule has 0 radical (unpaired) electrons. The van der Waals surface area contributed by atoms with Gasteiger partial charge in [-0.3, -0.25) is 4.79 Å². The lowest BCUT2D eigenvalue weighted by molar-refractivity contribution is -0.143. The van der Waals surface area contributed by atoms with Gasteiger partial charge in [0.2, 0.25) is 5.88 Å². The number of fused-ring (bicyclic) bond motifs is 1. The molecule has 0 bridgehead atoms. The van der Waals surface area contributed by atoms with Gasteiger partial charge < -0.3 is 25.6 Å². The number of aryl methyl sites for hydroxylation is 1. The minimum atomic E-state index is -0.708. The lowest BCUT2D eigenvalue weighted by atomic mass is 9.87. The van der Waals surface area contributed by atoms with E-state index in [0.717, 1.165) is 58.6 Å². The van der Waals surface area contributed by atoms with Crippen molar-refractivity contribution in [3.63, 3.8) is 0 Å². The maximum atomic E-state index is 11.1. The van der Waals surface area contributed by atoms with Gasteiger partial charge in [-0.1, -0.05) is 31.2 Å². The molecule has 4 N–H and O–H groups in total. The fourth-order valence-corrected chi connectivity index (χ4v) is 4.97. The minimum absolute atomic E-state index is 0.00325. The molecule has 2 aliphatic rings. The summed E-state index contributed by atoms with van der Waals surface area (Å²) in [7, 11) is 0. The summed E-state index contributed by atoms with van der Waals surface area (Å²) in [4.78, 5) is 15.6. The number of ether oxygens (including phenoxy) is 2. The van der Waals surface area contributed by atoms with Crippen LogP contribution in [0.25, 0.3) is 11.1 Å². The lowest BCUT2D eigenvalue weighted by Gasteiger charge is -2.29. The molecule has 3 aromatic rings. The smallest absolute Gasteiger partial charge is 0.306 e. The van der Waals surface area contributed by atoms with Crippen molar-refractivity contribution in [2.45, 2.75) is 51.2 Å². The topological polar surface area (TPSA) is 107 Å². The van der Waals surface area contributed by atoms with Crippen molar-refractivity contribution in [1.82, 2.24) is 4.98 Å². The van der Waals surface area contributed by atoms with Crippen molar-refractivity contribution >= 4 is 17.3 Å². The van der Waals surface area contributed by atoms with Gasteiger partial charge in [0.15, 0.2) is 0 Å². The van der Waals surface area contributed by atoms with Crippen molar-refractivity contribution in [3.8, 4) is 22.8 Å². The molecule has 0 spiro atoms. The van der Waals surface area contributed by atoms with Crippen LogP contribution in [0.15, 0.2) is 54.7 Å². The zero-order valence-corrected chi connectivity index (χ0v) is 19.9. The number of para-hydroxylation sites is 1. The fraction of sp³-hybridized carbons (Fsp3) is 0.357. The number of nitrogens with one attached hydrogen (secondary N) is 1. The molecule has 0 saturated heterocycles. The maximum Gasteiger partial charge on any atom is 0.306 e. The Balaban J connectivity index is 1.24. The molecule has 0 amide bonds. The molecule has 7 nitrogen and oxygen atoms in total. The monoisotopic (exact) mass is 473 g/mol. The molecule has 1 atom stereocenters. The number of benzene rings is 2. The summed E-state index contributed by atoms with van der Waals surface area (Å²) >= 11 is 0. The van der Waals surface area contributed by atoms with E-state index in [1.165, 1.54) is 0 Å². The van der Waals surface area contributed by atoms with Crippen LogP contribution in [0, 0.1) is 5.92 Å². The van der Waals surface area contributed by atoms with Crippen LogP contribution in [0.3, 0.4) is 0 Å². The Morgan fingerprint density at radius 2 is 1.94 bits per heavy atom. The van der Waals surface area contributed by atoms with Crippen molar-refractivity contribution in [2.75, 3.05) is 17.7 Å². The van der Waals surface area contributed by atoms with Gasteiger partial charge in [0.1, 0.15) is 18.5 Å². The summed E-state index contributed by atoms with van der Waals surface area (Å²) in [6, 6.07) is 16.1. The molecule has 1 aromatic heterocycles. The van der Waals surface area contributed by atoms with Crippen molar-refractivity contribution < 1.29 is 19.4 Å². The number of anilines is 2. The average Bonchev–Trinajstić information content (AvgIpc) is 2.89. The summed E-state index contributed by atoms with van der Waals surface area (Å²) in [5.74, 6) is 0.415. The first-order valence-corrected chi connectivity index (χ1v) is 12.3. The normalized spacial score (nSPS) is 21.3. The molecule has 7 heteroatoms. The molecule has 2 heterocycles. The van der Waals surface area contributed by atoms with Crippen LogP contribution in [0.2, 0.25) is 0 Å². The van der Waals surface area contributed by atoms with Crippen LogP contribution in [0.1, 0.15) is 49.8 Å². The number of pyridine rings is 1. The highest BCUT2D eigenvalue weighted by Gasteiger charge is 2.27. The number of nitrogen functional groups attached to an aromatic ring is 1. The highest BCUT2D eigenvalue weighted by atomic mass is 16.5. The van der Waals surface area contributed by atoms with E-state index in [-0.39, 0.29) is 18.1 Å². The largest absolute Gasteiger partial charge is 0.489 e. The Bertz CT molecular complexity index is 1200. The Kier molecular flexibility index (Phi) is 6.49. The quantitative estimate of drug-likeness (QED) is 0.408. The predicted octanol–water partition coefficient (Wildman–Crippen LogP) is 5.46. The summed E-state index contributed by atoms with van der Waals surface area (Å²) in [5, 5.41) is 12.7. The first kappa shape index (κ1) is 23.0. The number of aromatic nitrogens is 1. The molecule has 2 aromatic carbocycles. The van der Waals surface area contributed by atoms with Gasteiger partial charge in [0.25, 0.3) is 0 Å². The number of nitrogens with zero attached hydrogens (tertiary/aromatic N) is 1. The fourth-order valence-electron chi connectivity index (χ4n) is 4.97. The summed E-state index contributed by atoms with van der Waals surface area (Å²) in [6.07, 6.45) is 5.51. The van der Waals surface area contributed by atoms with E-state index in [1.54, 1.807) is 6.20 Å². The number of rotatable bonds is 6. The SMILES string of the molecule is CCc1cccc(C2COc3cc(-c4ccc(OC5CCC(C(=O)O)CC5)nc4)ccc3N2)c1N. The van der Waals surface area contributed by atoms with E-state index in [1.807, 2.05) is 36.4 Å². The first-order chi connectivity index (χ1) is 17.0. The Morgan fingerprint density at radius 3 is 2.66 bits per heavy atom. The number of aliphatic carboxylic acids is 1. The molecule has 1 aliphatic carbocycles. The van der Waals surface area contributed by atoms with Crippen molar-refractivity contribution in [1.29, 1.82) is 0 Å². The zero-order valence-electron chi connectivity index (χ0n) is 19.9. The first-order valence-electron chi connectivity index (χ1n) is 12.3. The van der Waals surface area contributed by atoms with E-state index in [4.69, 9.17) is 20.3 Å². The van der Waals surface area contributed by atoms with Crippen LogP contribution < -0.4 is 20.5 Å². The second-order valence-electron chi connectivity index (χ2n) is 9.31. The van der Waals surface area contributed by atoms with Gasteiger partial charge in [0, 0.05) is 29.1 Å². The van der Waals surface area contributed by atoms with Crippen molar-refractivity contribution in [3.05, 3.63) is 65.9 Å². The molecular formula is C28H31N3O4. The second kappa shape index (κ2) is 9.86. The third-order valence-electron chi connectivity index (χ3n) is 7.08. The van der Waals surface area contributed by atoms with Crippen LogP contribution in [-0.4, -0.2) is 28.8 Å². The van der Waals surface area contributed by atoms with E-state index < -0.39 is 5.97 Å². The van der Waals surface area contributed by atoms with E-state index >= 15 is 0 Å². The van der Waals surface area contributed by atoms with Crippen LogP contribution in [0.5, 0.6) is 11.6 Å². The van der Waals surface area contributed by atoms with Crippen LogP contribution in [0.4, 0.5) is 11.4 Å². The lowest BCUT2D eigenvalue weighted by Crippen LogP contribution is -2.28. The number of carboxylic acids is 1. The Hall–Kier alpha value is -3.74. The van der Waals surface area contributed by atoms with Gasteiger partial charge in [-0.05, 0) is 61.4 Å². The maximum absolute atomic E-state index is 11.1. The molecule has 1 aliphatic heterocycles. The molecule has 5 rings (SSSR count). The molecule has 1 unspecified atom stereocenters. The third kappa shape index (κ3) is 4.90. The van der Waals surface area contributed by atoms with Crippen LogP contribution in [-0.2, 0) is 11.2 Å². The highest BCUT2D eigenvalue weighted by molar-refractivity contribution is 5.72. The number of carbonyl (C=O) groups is 1. The highest BCUT2D eigenvalue weighted by Crippen LogP contribution is 2.38. The average molecular weight is 474 g/mol. The van der Waals surface area contributed by atoms with Crippen LogP contribution >= 0.6 is 0 Å². The summed E-state index contributed by atoms with van der Waals surface area (Å²) < 4.78 is 12.1. The second-order valence-corrected chi connectivity index (χ2v) is 9.31. The number of carboxylic acid groups (broad SMARTS) is 1. The molecular weight excluding hydrogens is 442 g/mol. The van der Waals surface area contributed by atoms with Crippen molar-refractivity contribution in [2.24, 2.45) is 5.92 Å². The molecule has 1 saturated carbocycles. The minimum Gasteiger partial charge on any atom is -0.489 e. The van der Waals surface area contributed by atoms with Gasteiger partial charge in [-0.25, -0.2) is 4.98 Å². The van der Waals surface area contributed by atoms with Gasteiger partial charge in [0.05, 0.1) is 17.6 Å². The van der Waals surface area contributed by atoms with E-state index in [0.29, 0.717) is 25.3 Å². The third-order valence-corrected chi connectivity index (χ3v) is 7.08. The van der Waals surface area contributed by atoms with Gasteiger partial charge >= 0.3 is 5.97 Å².